The standard InChI is InChI=1S/C17H13F3N2O2S/c1-25(23,24)12-8-6-11(7-9-12)16-10-14(17(19)20)21-22(16)15-5-3-2-4-13(15)18/h2-10,17H,1H3. The van der Waals surface area contributed by atoms with Gasteiger partial charge in [-0.2, -0.15) is 5.10 Å². The normalized spacial score (nSPS) is 11.9. The zero-order valence-corrected chi connectivity index (χ0v) is 13.8. The summed E-state index contributed by atoms with van der Waals surface area (Å²) in [5.74, 6) is -0.611. The van der Waals surface area contributed by atoms with Gasteiger partial charge >= 0.3 is 0 Å². The number of hydrogen-bond acceptors (Lipinski definition) is 3. The Balaban J connectivity index is 2.17. The molecule has 0 bridgehead atoms. The van der Waals surface area contributed by atoms with Gasteiger partial charge in [-0.15, -0.1) is 0 Å². The Labute approximate surface area is 142 Å². The first-order chi connectivity index (χ1) is 11.8. The molecule has 130 valence electrons. The van der Waals surface area contributed by atoms with E-state index in [1.54, 1.807) is 6.07 Å². The number of benzene rings is 2. The van der Waals surface area contributed by atoms with E-state index in [0.29, 0.717) is 5.56 Å². The molecule has 0 atom stereocenters. The van der Waals surface area contributed by atoms with Gasteiger partial charge in [-0.3, -0.25) is 0 Å². The molecule has 1 heterocycles. The maximum atomic E-state index is 14.1. The molecular formula is C17H13F3N2O2S. The fourth-order valence-electron chi connectivity index (χ4n) is 2.39. The van der Waals surface area contributed by atoms with E-state index < -0.39 is 27.8 Å². The number of nitrogens with zero attached hydrogens (tertiary/aromatic N) is 2. The Kier molecular flexibility index (Phi) is 4.38. The first-order valence-corrected chi connectivity index (χ1v) is 9.10. The van der Waals surface area contributed by atoms with Gasteiger partial charge < -0.3 is 0 Å². The summed E-state index contributed by atoms with van der Waals surface area (Å²) in [6, 6.07) is 12.5. The number of aromatic nitrogens is 2. The minimum Gasteiger partial charge on any atom is -0.230 e. The van der Waals surface area contributed by atoms with Crippen LogP contribution in [0.25, 0.3) is 16.9 Å². The molecular weight excluding hydrogens is 353 g/mol. The van der Waals surface area contributed by atoms with Gasteiger partial charge in [-0.1, -0.05) is 24.3 Å². The van der Waals surface area contributed by atoms with Gasteiger partial charge in [0.2, 0.25) is 0 Å². The fraction of sp³-hybridized carbons (Fsp3) is 0.118. The van der Waals surface area contributed by atoms with Gasteiger partial charge in [0, 0.05) is 11.8 Å². The van der Waals surface area contributed by atoms with Crippen molar-refractivity contribution >= 4 is 9.84 Å². The SMILES string of the molecule is CS(=O)(=O)c1ccc(-c2cc(C(F)F)nn2-c2ccccc2F)cc1. The summed E-state index contributed by atoms with van der Waals surface area (Å²) in [7, 11) is -3.38. The lowest BCUT2D eigenvalue weighted by molar-refractivity contribution is 0.145. The van der Waals surface area contributed by atoms with E-state index in [4.69, 9.17) is 0 Å². The predicted molar refractivity (Wildman–Crippen MR) is 87.0 cm³/mol. The molecule has 0 saturated heterocycles. The summed E-state index contributed by atoms with van der Waals surface area (Å²) in [6.45, 7) is 0. The summed E-state index contributed by atoms with van der Waals surface area (Å²) >= 11 is 0. The van der Waals surface area contributed by atoms with Gasteiger partial charge in [-0.25, -0.2) is 26.3 Å². The van der Waals surface area contributed by atoms with E-state index in [-0.39, 0.29) is 16.3 Å². The molecule has 2 aromatic carbocycles. The van der Waals surface area contributed by atoms with Crippen molar-refractivity contribution in [3.05, 3.63) is 66.1 Å². The van der Waals surface area contributed by atoms with Crippen LogP contribution in [-0.4, -0.2) is 24.5 Å². The average molecular weight is 366 g/mol. The molecule has 4 nitrogen and oxygen atoms in total. The van der Waals surface area contributed by atoms with Gasteiger partial charge in [0.05, 0.1) is 10.6 Å². The number of sulfone groups is 1. The lowest BCUT2D eigenvalue weighted by Gasteiger charge is -2.09. The Morgan fingerprint density at radius 3 is 2.24 bits per heavy atom. The first-order valence-electron chi connectivity index (χ1n) is 7.21. The maximum Gasteiger partial charge on any atom is 0.282 e. The molecule has 0 aliphatic rings. The topological polar surface area (TPSA) is 52.0 Å². The van der Waals surface area contributed by atoms with E-state index >= 15 is 0 Å². The molecule has 25 heavy (non-hydrogen) atoms. The fourth-order valence-corrected chi connectivity index (χ4v) is 3.02. The monoisotopic (exact) mass is 366 g/mol. The summed E-state index contributed by atoms with van der Waals surface area (Å²) in [6.07, 6.45) is -1.75. The van der Waals surface area contributed by atoms with E-state index in [1.807, 2.05) is 0 Å². The summed E-state index contributed by atoms with van der Waals surface area (Å²) < 4.78 is 64.4. The van der Waals surface area contributed by atoms with Crippen LogP contribution in [-0.2, 0) is 9.84 Å². The molecule has 0 saturated carbocycles. The second-order valence-electron chi connectivity index (χ2n) is 5.41. The highest BCUT2D eigenvalue weighted by atomic mass is 32.2. The lowest BCUT2D eigenvalue weighted by atomic mass is 10.1. The predicted octanol–water partition coefficient (Wildman–Crippen LogP) is 4.02. The quantitative estimate of drug-likeness (QED) is 0.701. The molecule has 0 spiro atoms. The third-order valence-electron chi connectivity index (χ3n) is 3.61. The molecule has 0 unspecified atom stereocenters. The smallest absolute Gasteiger partial charge is 0.230 e. The number of alkyl halides is 2. The number of halogens is 3. The molecule has 0 amide bonds. The molecule has 0 N–H and O–H groups in total. The highest BCUT2D eigenvalue weighted by molar-refractivity contribution is 7.90. The van der Waals surface area contributed by atoms with Crippen LogP contribution >= 0.6 is 0 Å². The highest BCUT2D eigenvalue weighted by Crippen LogP contribution is 2.29. The first kappa shape index (κ1) is 17.2. The lowest BCUT2D eigenvalue weighted by Crippen LogP contribution is -2.03. The number of para-hydroxylation sites is 1. The van der Waals surface area contributed by atoms with Gasteiger partial charge in [0.25, 0.3) is 6.43 Å². The maximum absolute atomic E-state index is 14.1. The van der Waals surface area contributed by atoms with Crippen LogP contribution in [0.4, 0.5) is 13.2 Å². The van der Waals surface area contributed by atoms with E-state index in [2.05, 4.69) is 5.10 Å². The van der Waals surface area contributed by atoms with Crippen molar-refractivity contribution in [2.45, 2.75) is 11.3 Å². The van der Waals surface area contributed by atoms with Gasteiger partial charge in [0.1, 0.15) is 17.2 Å². The van der Waals surface area contributed by atoms with Crippen LogP contribution in [0.3, 0.4) is 0 Å². The van der Waals surface area contributed by atoms with E-state index in [1.165, 1.54) is 42.5 Å². The second kappa shape index (κ2) is 6.36. The molecule has 0 aliphatic heterocycles. The Morgan fingerprint density at radius 1 is 1.04 bits per heavy atom. The largest absolute Gasteiger partial charge is 0.282 e. The van der Waals surface area contributed by atoms with Crippen molar-refractivity contribution < 1.29 is 21.6 Å². The van der Waals surface area contributed by atoms with Gasteiger partial charge in [-0.05, 0) is 30.3 Å². The molecule has 0 aliphatic carbocycles. The second-order valence-corrected chi connectivity index (χ2v) is 7.43. The molecule has 0 fully saturated rings. The molecule has 3 aromatic rings. The van der Waals surface area contributed by atoms with Gasteiger partial charge in [0.15, 0.2) is 9.84 Å². The Morgan fingerprint density at radius 2 is 1.68 bits per heavy atom. The summed E-state index contributed by atoms with van der Waals surface area (Å²) in [5.41, 5.74) is 0.206. The van der Waals surface area contributed by atoms with Crippen LogP contribution < -0.4 is 0 Å². The van der Waals surface area contributed by atoms with E-state index in [9.17, 15) is 21.6 Å². The third kappa shape index (κ3) is 3.43. The van der Waals surface area contributed by atoms with E-state index in [0.717, 1.165) is 17.0 Å². The minimum absolute atomic E-state index is 0.0246. The van der Waals surface area contributed by atoms with Crippen LogP contribution in [0.2, 0.25) is 0 Å². The van der Waals surface area contributed by atoms with Crippen molar-refractivity contribution in [3.8, 4) is 16.9 Å². The van der Waals surface area contributed by atoms with Crippen LogP contribution in [0.5, 0.6) is 0 Å². The van der Waals surface area contributed by atoms with Crippen molar-refractivity contribution in [2.75, 3.05) is 6.26 Å². The minimum atomic E-state index is -3.38. The molecule has 0 radical (unpaired) electrons. The van der Waals surface area contributed by atoms with Crippen molar-refractivity contribution in [1.82, 2.24) is 9.78 Å². The molecule has 1 aromatic heterocycles. The van der Waals surface area contributed by atoms with Crippen LogP contribution in [0, 0.1) is 5.82 Å². The highest BCUT2D eigenvalue weighted by Gasteiger charge is 2.19. The molecule has 3 rings (SSSR count). The van der Waals surface area contributed by atoms with Crippen molar-refractivity contribution in [3.63, 3.8) is 0 Å². The van der Waals surface area contributed by atoms with Crippen LogP contribution in [0.15, 0.2) is 59.5 Å². The van der Waals surface area contributed by atoms with Crippen molar-refractivity contribution in [2.24, 2.45) is 0 Å². The zero-order chi connectivity index (χ0) is 18.2. The molecule has 8 heteroatoms. The zero-order valence-electron chi connectivity index (χ0n) is 13.0. The average Bonchev–Trinajstić information content (AvgIpc) is 3.00. The Bertz CT molecular complexity index is 1010. The third-order valence-corrected chi connectivity index (χ3v) is 4.74. The van der Waals surface area contributed by atoms with Crippen molar-refractivity contribution in [1.29, 1.82) is 0 Å². The summed E-state index contributed by atoms with van der Waals surface area (Å²) in [5, 5.41) is 3.80. The number of rotatable bonds is 4. The van der Waals surface area contributed by atoms with Crippen LogP contribution in [0.1, 0.15) is 12.1 Å². The Hall–Kier alpha value is -2.61. The summed E-state index contributed by atoms with van der Waals surface area (Å²) in [4.78, 5) is 0.0993. The number of hydrogen-bond donors (Lipinski definition) is 0.